The van der Waals surface area contributed by atoms with E-state index in [0.717, 1.165) is 16.9 Å². The summed E-state index contributed by atoms with van der Waals surface area (Å²) in [6, 6.07) is -0.142. The molecule has 174 valence electrons. The molecule has 1 rings (SSSR count). The Morgan fingerprint density at radius 2 is 1.70 bits per heavy atom. The highest BCUT2D eigenvalue weighted by Crippen LogP contribution is 2.30. The fraction of sp³-hybridized carbons (Fsp3) is 0.148. The lowest BCUT2D eigenvalue weighted by molar-refractivity contribution is 0.341. The van der Waals surface area contributed by atoms with Gasteiger partial charge in [-0.15, -0.1) is 0 Å². The second-order valence-corrected chi connectivity index (χ2v) is 8.43. The van der Waals surface area contributed by atoms with E-state index in [2.05, 4.69) is 26.3 Å². The molecule has 1 aliphatic rings. The minimum atomic E-state index is -3.90. The molecule has 0 aliphatic carbocycles. The van der Waals surface area contributed by atoms with Crippen molar-refractivity contribution in [2.24, 2.45) is 10.2 Å². The molecule has 0 aromatic carbocycles. The highest BCUT2D eigenvalue weighted by atomic mass is 32.2. The quantitative estimate of drug-likeness (QED) is 0.373. The van der Waals surface area contributed by atoms with E-state index in [1.165, 1.54) is 12.2 Å². The molecule has 1 atom stereocenters. The van der Waals surface area contributed by atoms with Crippen LogP contribution in [0.5, 0.6) is 0 Å². The van der Waals surface area contributed by atoms with Gasteiger partial charge in [0.1, 0.15) is 0 Å². The number of hydrogen-bond donors (Lipinski definition) is 1. The van der Waals surface area contributed by atoms with Gasteiger partial charge in [-0.25, -0.2) is 13.6 Å². The number of nitrogens with two attached hydrogens (primary N) is 1. The highest BCUT2D eigenvalue weighted by Gasteiger charge is 2.31. The topological polar surface area (TPSA) is 75.8 Å². The van der Waals surface area contributed by atoms with E-state index < -0.39 is 10.0 Å². The Kier molecular flexibility index (Phi) is 11.5. The number of primary sulfonamides is 1. The third-order valence-corrected chi connectivity index (χ3v) is 5.56. The van der Waals surface area contributed by atoms with Gasteiger partial charge in [0.15, 0.2) is 0 Å². The van der Waals surface area contributed by atoms with Crippen molar-refractivity contribution in [3.63, 3.8) is 0 Å². The van der Waals surface area contributed by atoms with Crippen molar-refractivity contribution in [3.05, 3.63) is 133 Å². The third-order valence-electron chi connectivity index (χ3n) is 4.60. The van der Waals surface area contributed by atoms with E-state index in [1.807, 2.05) is 67.5 Å². The van der Waals surface area contributed by atoms with Crippen LogP contribution >= 0.6 is 0 Å². The Balaban J connectivity index is 3.72. The molecule has 0 aromatic heterocycles. The average Bonchev–Trinajstić information content (AvgIpc) is 3.21. The zero-order valence-corrected chi connectivity index (χ0v) is 20.2. The summed E-state index contributed by atoms with van der Waals surface area (Å²) in [5.41, 5.74) is 3.39. The molecule has 0 spiro atoms. The van der Waals surface area contributed by atoms with Gasteiger partial charge in [0.05, 0.1) is 22.4 Å². The van der Waals surface area contributed by atoms with Crippen molar-refractivity contribution in [3.8, 4) is 0 Å². The molecular formula is C27H33N3O2S. The van der Waals surface area contributed by atoms with Crippen LogP contribution < -0.4 is 5.14 Å². The Morgan fingerprint density at radius 1 is 0.970 bits per heavy atom. The summed E-state index contributed by atoms with van der Waals surface area (Å²) in [6.45, 7) is 18.9. The standard InChI is InChI=1S/C27H33N3O2S/c1-7-13-17-22(15-9-3)26-21-27(23(16-10-4)18-14-8-2)30(29-26)24(11-5)19-20-25(12-6)33(28,31)32/h7-20,27H,1,3,5-6,21H2,2,4H3,(H2,28,31,32)/b14-8-,16-10-,17-13-,22-15+,23-18+,24-19+,25-20+. The van der Waals surface area contributed by atoms with Gasteiger partial charge >= 0.3 is 0 Å². The fourth-order valence-electron chi connectivity index (χ4n) is 3.09. The molecule has 1 aliphatic heterocycles. The second kappa shape index (κ2) is 13.8. The number of rotatable bonds is 12. The van der Waals surface area contributed by atoms with E-state index in [4.69, 9.17) is 10.2 Å². The summed E-state index contributed by atoms with van der Waals surface area (Å²) in [5, 5.41) is 12.0. The maximum atomic E-state index is 11.8. The number of nitrogens with zero attached hydrogens (tertiary/aromatic N) is 2. The van der Waals surface area contributed by atoms with Gasteiger partial charge in [-0.05, 0) is 49.3 Å². The molecule has 0 amide bonds. The second-order valence-electron chi connectivity index (χ2n) is 6.87. The van der Waals surface area contributed by atoms with Crippen molar-refractivity contribution >= 4 is 15.7 Å². The van der Waals surface area contributed by atoms with Crippen LogP contribution in [0.3, 0.4) is 0 Å². The van der Waals surface area contributed by atoms with E-state index in [9.17, 15) is 8.42 Å². The monoisotopic (exact) mass is 463 g/mol. The van der Waals surface area contributed by atoms with E-state index in [-0.39, 0.29) is 10.9 Å². The summed E-state index contributed by atoms with van der Waals surface area (Å²) in [7, 11) is -3.90. The first-order chi connectivity index (χ1) is 15.8. The number of allylic oxidation sites excluding steroid dienone is 14. The molecule has 0 fully saturated rings. The Bertz CT molecular complexity index is 1110. The van der Waals surface area contributed by atoms with E-state index in [0.29, 0.717) is 12.1 Å². The largest absolute Gasteiger partial charge is 0.257 e. The minimum absolute atomic E-state index is 0.0962. The molecule has 2 N–H and O–H groups in total. The zero-order valence-electron chi connectivity index (χ0n) is 19.4. The van der Waals surface area contributed by atoms with Gasteiger partial charge in [0, 0.05) is 6.42 Å². The molecule has 0 aromatic rings. The lowest BCUT2D eigenvalue weighted by Crippen LogP contribution is -2.27. The summed E-state index contributed by atoms with van der Waals surface area (Å²) >= 11 is 0. The van der Waals surface area contributed by atoms with Gasteiger partial charge in [-0.3, -0.25) is 5.01 Å². The van der Waals surface area contributed by atoms with Crippen molar-refractivity contribution in [1.82, 2.24) is 5.01 Å². The first kappa shape index (κ1) is 27.6. The van der Waals surface area contributed by atoms with Gasteiger partial charge in [0.25, 0.3) is 0 Å². The van der Waals surface area contributed by atoms with Crippen LogP contribution in [-0.4, -0.2) is 25.2 Å². The van der Waals surface area contributed by atoms with Crippen molar-refractivity contribution in [1.29, 1.82) is 0 Å². The van der Waals surface area contributed by atoms with Gasteiger partial charge < -0.3 is 0 Å². The van der Waals surface area contributed by atoms with E-state index >= 15 is 0 Å². The summed E-state index contributed by atoms with van der Waals surface area (Å²) in [6.07, 6.45) is 25.5. The fourth-order valence-corrected chi connectivity index (χ4v) is 3.58. The normalized spacial score (nSPS) is 18.9. The van der Waals surface area contributed by atoms with Crippen LogP contribution in [0.1, 0.15) is 20.3 Å². The van der Waals surface area contributed by atoms with Crippen molar-refractivity contribution in [2.75, 3.05) is 0 Å². The summed E-state index contributed by atoms with van der Waals surface area (Å²) < 4.78 is 23.5. The smallest absolute Gasteiger partial charge is 0.238 e. The Hall–Kier alpha value is -3.48. The van der Waals surface area contributed by atoms with Crippen LogP contribution in [0.15, 0.2) is 138 Å². The highest BCUT2D eigenvalue weighted by molar-refractivity contribution is 7.93. The van der Waals surface area contributed by atoms with Gasteiger partial charge in [0.2, 0.25) is 10.0 Å². The van der Waals surface area contributed by atoms with Crippen LogP contribution in [0.25, 0.3) is 0 Å². The van der Waals surface area contributed by atoms with Crippen LogP contribution in [0, 0.1) is 0 Å². The maximum Gasteiger partial charge on any atom is 0.238 e. The average molecular weight is 464 g/mol. The van der Waals surface area contributed by atoms with Gasteiger partial charge in [-0.1, -0.05) is 87.1 Å². The molecule has 0 saturated heterocycles. The Labute approximate surface area is 198 Å². The molecule has 0 bridgehead atoms. The Morgan fingerprint density at radius 3 is 2.21 bits per heavy atom. The van der Waals surface area contributed by atoms with Gasteiger partial charge in [-0.2, -0.15) is 5.10 Å². The van der Waals surface area contributed by atoms with Crippen LogP contribution in [0.2, 0.25) is 0 Å². The third kappa shape index (κ3) is 8.18. The molecule has 5 nitrogen and oxygen atoms in total. The number of sulfonamides is 1. The first-order valence-electron chi connectivity index (χ1n) is 10.4. The molecule has 1 unspecified atom stereocenters. The predicted octanol–water partition coefficient (Wildman–Crippen LogP) is 5.78. The van der Waals surface area contributed by atoms with E-state index in [1.54, 1.807) is 24.3 Å². The number of hydrogen-bond acceptors (Lipinski definition) is 4. The molecule has 6 heteroatoms. The summed E-state index contributed by atoms with van der Waals surface area (Å²) in [4.78, 5) is -0.0962. The molecule has 0 saturated carbocycles. The lowest BCUT2D eigenvalue weighted by Gasteiger charge is -2.25. The van der Waals surface area contributed by atoms with Crippen LogP contribution in [-0.2, 0) is 10.0 Å². The first-order valence-corrected chi connectivity index (χ1v) is 12.0. The molecule has 33 heavy (non-hydrogen) atoms. The van der Waals surface area contributed by atoms with Crippen LogP contribution in [0.4, 0.5) is 0 Å². The van der Waals surface area contributed by atoms with Crippen molar-refractivity contribution in [2.45, 2.75) is 26.3 Å². The predicted molar refractivity (Wildman–Crippen MR) is 143 cm³/mol. The molecule has 0 radical (unpaired) electrons. The summed E-state index contributed by atoms with van der Waals surface area (Å²) in [5.74, 6) is 0. The lowest BCUT2D eigenvalue weighted by atomic mass is 9.96. The SMILES string of the molecule is C=C/C=C\C(=C/C=C)C1=NN(/C(C=C)=C/C=C(\C=C)S(N)(=O)=O)C(C(/C=C\C)=C/C=C\C)C1. The number of hydrazone groups is 1. The zero-order chi connectivity index (χ0) is 24.9. The minimum Gasteiger partial charge on any atom is -0.257 e. The molecule has 1 heterocycles. The maximum absolute atomic E-state index is 11.8. The van der Waals surface area contributed by atoms with Crippen molar-refractivity contribution < 1.29 is 8.42 Å². The molecular weight excluding hydrogens is 430 g/mol.